The Kier molecular flexibility index (Phi) is 7.11. The molecule has 1 saturated carbocycles. The van der Waals surface area contributed by atoms with Gasteiger partial charge in [-0.1, -0.05) is 49.6 Å². The number of hydrogen-bond acceptors (Lipinski definition) is 3. The fourth-order valence-corrected chi connectivity index (χ4v) is 4.55. The number of benzene rings is 1. The van der Waals surface area contributed by atoms with E-state index >= 15 is 0 Å². The molecule has 0 amide bonds. The molecule has 0 bridgehead atoms. The number of halogens is 1. The van der Waals surface area contributed by atoms with Crippen LogP contribution in [-0.4, -0.2) is 54.2 Å². The summed E-state index contributed by atoms with van der Waals surface area (Å²) < 4.78 is 0. The van der Waals surface area contributed by atoms with Crippen molar-refractivity contribution < 1.29 is 5.11 Å². The first-order chi connectivity index (χ1) is 11.1. The van der Waals surface area contributed by atoms with Crippen molar-refractivity contribution in [2.75, 3.05) is 33.2 Å². The maximum Gasteiger partial charge on any atom is 0.108 e. The summed E-state index contributed by atoms with van der Waals surface area (Å²) in [6, 6.07) is 10.6. The van der Waals surface area contributed by atoms with Crippen LogP contribution in [0.25, 0.3) is 0 Å². The number of aliphatic hydroxyl groups is 1. The maximum absolute atomic E-state index is 11.9. The highest BCUT2D eigenvalue weighted by molar-refractivity contribution is 5.85. The number of nitrogens with zero attached hydrogens (tertiary/aromatic N) is 2. The molecule has 2 aliphatic rings. The summed E-state index contributed by atoms with van der Waals surface area (Å²) in [6.07, 6.45) is 6.15. The van der Waals surface area contributed by atoms with Gasteiger partial charge < -0.3 is 10.0 Å². The average Bonchev–Trinajstić information content (AvgIpc) is 2.62. The fourth-order valence-electron chi connectivity index (χ4n) is 4.55. The molecule has 24 heavy (non-hydrogen) atoms. The molecule has 0 aromatic heterocycles. The van der Waals surface area contributed by atoms with Gasteiger partial charge in [-0.15, -0.1) is 12.4 Å². The van der Waals surface area contributed by atoms with Crippen LogP contribution in [0, 0.1) is 5.92 Å². The molecule has 3 nitrogen and oxygen atoms in total. The maximum atomic E-state index is 11.9. The van der Waals surface area contributed by atoms with E-state index in [1.54, 1.807) is 0 Å². The van der Waals surface area contributed by atoms with Crippen LogP contribution in [0.4, 0.5) is 0 Å². The number of rotatable bonds is 4. The lowest BCUT2D eigenvalue weighted by Crippen LogP contribution is -2.58. The van der Waals surface area contributed by atoms with Gasteiger partial charge in [-0.25, -0.2) is 0 Å². The van der Waals surface area contributed by atoms with E-state index in [2.05, 4.69) is 48.0 Å². The molecule has 0 spiro atoms. The van der Waals surface area contributed by atoms with Crippen molar-refractivity contribution in [1.29, 1.82) is 0 Å². The van der Waals surface area contributed by atoms with Gasteiger partial charge in [0.25, 0.3) is 0 Å². The first kappa shape index (κ1) is 19.7. The van der Waals surface area contributed by atoms with Gasteiger partial charge in [0.05, 0.1) is 0 Å². The number of hydrogen-bond donors (Lipinski definition) is 1. The molecule has 1 aromatic carbocycles. The molecular weight excluding hydrogens is 320 g/mol. The Bertz CT molecular complexity index is 484. The van der Waals surface area contributed by atoms with E-state index in [-0.39, 0.29) is 18.4 Å². The minimum absolute atomic E-state index is 0. The van der Waals surface area contributed by atoms with Gasteiger partial charge in [-0.3, -0.25) is 4.90 Å². The van der Waals surface area contributed by atoms with Crippen molar-refractivity contribution in [3.8, 4) is 0 Å². The minimum atomic E-state index is -0.725. The van der Waals surface area contributed by atoms with Crippen molar-refractivity contribution in [3.05, 3.63) is 35.9 Å². The quantitative estimate of drug-likeness (QED) is 0.898. The van der Waals surface area contributed by atoms with Gasteiger partial charge in [-0.2, -0.15) is 0 Å². The lowest BCUT2D eigenvalue weighted by molar-refractivity contribution is -0.107. The molecule has 2 fully saturated rings. The SMILES string of the molecule is CC(N1CCN(C)CC1)C(O)(c1ccccc1)C1CCCCC1.Cl. The van der Waals surface area contributed by atoms with Crippen molar-refractivity contribution in [1.82, 2.24) is 9.80 Å². The zero-order valence-electron chi connectivity index (χ0n) is 15.2. The van der Waals surface area contributed by atoms with Gasteiger partial charge in [0.15, 0.2) is 0 Å². The van der Waals surface area contributed by atoms with Crippen LogP contribution in [0.15, 0.2) is 30.3 Å². The molecule has 3 rings (SSSR count). The molecule has 1 saturated heterocycles. The summed E-state index contributed by atoms with van der Waals surface area (Å²) in [5.74, 6) is 0.383. The Balaban J connectivity index is 0.00000208. The Hall–Kier alpha value is -0.610. The summed E-state index contributed by atoms with van der Waals surface area (Å²) >= 11 is 0. The van der Waals surface area contributed by atoms with Crippen LogP contribution in [0.2, 0.25) is 0 Å². The fraction of sp³-hybridized carbons (Fsp3) is 0.700. The molecular formula is C20H33ClN2O. The van der Waals surface area contributed by atoms with Gasteiger partial charge >= 0.3 is 0 Å². The minimum Gasteiger partial charge on any atom is -0.383 e. The zero-order valence-corrected chi connectivity index (χ0v) is 16.0. The van der Waals surface area contributed by atoms with Crippen molar-refractivity contribution in [3.63, 3.8) is 0 Å². The molecule has 1 aliphatic heterocycles. The van der Waals surface area contributed by atoms with Crippen molar-refractivity contribution in [2.24, 2.45) is 5.92 Å². The largest absolute Gasteiger partial charge is 0.383 e. The Morgan fingerprint density at radius 1 is 1.00 bits per heavy atom. The smallest absolute Gasteiger partial charge is 0.108 e. The second-order valence-corrected chi connectivity index (χ2v) is 7.54. The van der Waals surface area contributed by atoms with E-state index in [0.29, 0.717) is 5.92 Å². The topological polar surface area (TPSA) is 26.7 Å². The lowest BCUT2D eigenvalue weighted by atomic mass is 9.69. The van der Waals surface area contributed by atoms with E-state index in [9.17, 15) is 5.11 Å². The summed E-state index contributed by atoms with van der Waals surface area (Å²) in [5, 5.41) is 11.9. The van der Waals surface area contributed by atoms with E-state index in [0.717, 1.165) is 44.6 Å². The molecule has 2 atom stereocenters. The standard InChI is InChI=1S/C20H32N2O.ClH/c1-17(22-15-13-21(2)14-16-22)20(23,18-9-5-3-6-10-18)19-11-7-4-8-12-19;/h3,5-6,9-10,17,19,23H,4,7-8,11-16H2,1-2H3;1H. The second-order valence-electron chi connectivity index (χ2n) is 7.54. The molecule has 4 heteroatoms. The number of piperazine rings is 1. The molecule has 136 valence electrons. The Morgan fingerprint density at radius 3 is 2.17 bits per heavy atom. The van der Waals surface area contributed by atoms with Gasteiger partial charge in [0.1, 0.15) is 5.60 Å². The van der Waals surface area contributed by atoms with E-state index in [4.69, 9.17) is 0 Å². The third kappa shape index (κ3) is 3.96. The first-order valence-corrected chi connectivity index (χ1v) is 9.33. The zero-order chi connectivity index (χ0) is 16.3. The molecule has 1 N–H and O–H groups in total. The van der Waals surface area contributed by atoms with E-state index in [1.807, 2.05) is 6.07 Å². The highest BCUT2D eigenvalue weighted by atomic mass is 35.5. The van der Waals surface area contributed by atoms with Crippen LogP contribution >= 0.6 is 12.4 Å². The third-order valence-electron chi connectivity index (χ3n) is 6.19. The van der Waals surface area contributed by atoms with Crippen LogP contribution < -0.4 is 0 Å². The normalized spacial score (nSPS) is 24.8. The van der Waals surface area contributed by atoms with Crippen LogP contribution in [-0.2, 0) is 5.60 Å². The van der Waals surface area contributed by atoms with Crippen LogP contribution in [0.5, 0.6) is 0 Å². The predicted molar refractivity (Wildman–Crippen MR) is 103 cm³/mol. The second kappa shape index (κ2) is 8.66. The van der Waals surface area contributed by atoms with Gasteiger partial charge in [-0.05, 0) is 38.3 Å². The van der Waals surface area contributed by atoms with Crippen molar-refractivity contribution >= 4 is 12.4 Å². The van der Waals surface area contributed by atoms with Crippen molar-refractivity contribution in [2.45, 2.75) is 50.7 Å². The summed E-state index contributed by atoms with van der Waals surface area (Å²) in [7, 11) is 2.19. The molecule has 2 unspecified atom stereocenters. The Labute approximate surface area is 153 Å². The first-order valence-electron chi connectivity index (χ1n) is 9.33. The van der Waals surface area contributed by atoms with Gasteiger partial charge in [0.2, 0.25) is 0 Å². The number of likely N-dealkylation sites (N-methyl/N-ethyl adjacent to an activating group) is 1. The Morgan fingerprint density at radius 2 is 1.58 bits per heavy atom. The molecule has 1 aliphatic carbocycles. The van der Waals surface area contributed by atoms with E-state index < -0.39 is 5.60 Å². The lowest BCUT2D eigenvalue weighted by Gasteiger charge is -2.49. The average molecular weight is 353 g/mol. The summed E-state index contributed by atoms with van der Waals surface area (Å²) in [5.41, 5.74) is 0.385. The molecule has 1 aromatic rings. The van der Waals surface area contributed by atoms with Crippen LogP contribution in [0.3, 0.4) is 0 Å². The monoisotopic (exact) mass is 352 g/mol. The van der Waals surface area contributed by atoms with E-state index in [1.165, 1.54) is 19.3 Å². The van der Waals surface area contributed by atoms with Crippen LogP contribution in [0.1, 0.15) is 44.6 Å². The summed E-state index contributed by atoms with van der Waals surface area (Å²) in [4.78, 5) is 4.88. The van der Waals surface area contributed by atoms with Gasteiger partial charge in [0, 0.05) is 32.2 Å². The predicted octanol–water partition coefficient (Wildman–Crippen LogP) is 3.51. The molecule has 1 heterocycles. The summed E-state index contributed by atoms with van der Waals surface area (Å²) in [6.45, 7) is 6.55. The molecule has 0 radical (unpaired) electrons. The highest BCUT2D eigenvalue weighted by Crippen LogP contribution is 2.43. The third-order valence-corrected chi connectivity index (χ3v) is 6.19. The highest BCUT2D eigenvalue weighted by Gasteiger charge is 2.45.